The predicted molar refractivity (Wildman–Crippen MR) is 64.5 cm³/mol. The first kappa shape index (κ1) is 9.94. The monoisotopic (exact) mass is 197 g/mol. The lowest BCUT2D eigenvalue weighted by Gasteiger charge is -2.06. The molecule has 0 aliphatic heterocycles. The van der Waals surface area contributed by atoms with E-state index in [0.717, 1.165) is 0 Å². The lowest BCUT2D eigenvalue weighted by atomic mass is 9.99. The van der Waals surface area contributed by atoms with Crippen LogP contribution in [0.2, 0.25) is 0 Å². The summed E-state index contributed by atoms with van der Waals surface area (Å²) in [4.78, 5) is 0. The topological polar surface area (TPSA) is 26.0 Å². The summed E-state index contributed by atoms with van der Waals surface area (Å²) >= 11 is 0. The van der Waals surface area contributed by atoms with E-state index in [2.05, 4.69) is 55.5 Å². The first-order valence-electron chi connectivity index (χ1n) is 5.16. The maximum absolute atomic E-state index is 5.63. The highest BCUT2D eigenvalue weighted by Gasteiger charge is 2.00. The Hall–Kier alpha value is -1.60. The van der Waals surface area contributed by atoms with Gasteiger partial charge in [0.15, 0.2) is 0 Å². The van der Waals surface area contributed by atoms with E-state index in [1.54, 1.807) is 0 Å². The van der Waals surface area contributed by atoms with E-state index >= 15 is 0 Å². The van der Waals surface area contributed by atoms with Crippen LogP contribution in [-0.2, 0) is 6.54 Å². The van der Waals surface area contributed by atoms with Crippen molar-refractivity contribution in [1.29, 1.82) is 0 Å². The molecule has 0 amide bonds. The molecule has 0 bridgehead atoms. The van der Waals surface area contributed by atoms with Crippen LogP contribution in [0.5, 0.6) is 0 Å². The third kappa shape index (κ3) is 2.08. The van der Waals surface area contributed by atoms with Gasteiger partial charge in [-0.25, -0.2) is 0 Å². The van der Waals surface area contributed by atoms with Crippen molar-refractivity contribution in [3.8, 4) is 11.1 Å². The van der Waals surface area contributed by atoms with Gasteiger partial charge in [0.05, 0.1) is 0 Å². The molecule has 0 aliphatic carbocycles. The van der Waals surface area contributed by atoms with Crippen molar-refractivity contribution in [2.75, 3.05) is 0 Å². The minimum absolute atomic E-state index is 0.597. The average Bonchev–Trinajstić information content (AvgIpc) is 2.30. The van der Waals surface area contributed by atoms with Gasteiger partial charge in [0.2, 0.25) is 0 Å². The van der Waals surface area contributed by atoms with Crippen LogP contribution in [0, 0.1) is 6.92 Å². The second-order valence-corrected chi connectivity index (χ2v) is 3.72. The van der Waals surface area contributed by atoms with Crippen LogP contribution < -0.4 is 5.73 Å². The Morgan fingerprint density at radius 2 is 1.80 bits per heavy atom. The van der Waals surface area contributed by atoms with Crippen molar-refractivity contribution < 1.29 is 0 Å². The molecule has 76 valence electrons. The van der Waals surface area contributed by atoms with Crippen LogP contribution in [0.15, 0.2) is 48.5 Å². The SMILES string of the molecule is Cc1ccccc1-c1cccc(CN)c1. The first-order chi connectivity index (χ1) is 7.31. The van der Waals surface area contributed by atoms with Gasteiger partial charge in [0, 0.05) is 6.54 Å². The molecule has 0 fully saturated rings. The summed E-state index contributed by atoms with van der Waals surface area (Å²) < 4.78 is 0. The highest BCUT2D eigenvalue weighted by molar-refractivity contribution is 5.67. The fourth-order valence-electron chi connectivity index (χ4n) is 1.76. The Labute approximate surface area is 90.6 Å². The number of aryl methyl sites for hydroxylation is 1. The molecule has 0 atom stereocenters. The van der Waals surface area contributed by atoms with E-state index in [1.165, 1.54) is 22.3 Å². The van der Waals surface area contributed by atoms with Crippen LogP contribution in [-0.4, -0.2) is 0 Å². The van der Waals surface area contributed by atoms with Gasteiger partial charge in [-0.05, 0) is 35.2 Å². The van der Waals surface area contributed by atoms with Gasteiger partial charge in [-0.15, -0.1) is 0 Å². The van der Waals surface area contributed by atoms with Crippen molar-refractivity contribution >= 4 is 0 Å². The minimum Gasteiger partial charge on any atom is -0.326 e. The molecule has 15 heavy (non-hydrogen) atoms. The number of hydrogen-bond donors (Lipinski definition) is 1. The third-order valence-corrected chi connectivity index (χ3v) is 2.62. The Kier molecular flexibility index (Phi) is 2.84. The molecule has 1 nitrogen and oxygen atoms in total. The molecule has 2 N–H and O–H groups in total. The van der Waals surface area contributed by atoms with Crippen molar-refractivity contribution in [3.05, 3.63) is 59.7 Å². The molecule has 0 spiro atoms. The van der Waals surface area contributed by atoms with Gasteiger partial charge in [-0.3, -0.25) is 0 Å². The van der Waals surface area contributed by atoms with Crippen molar-refractivity contribution in [1.82, 2.24) is 0 Å². The lowest BCUT2D eigenvalue weighted by Crippen LogP contribution is -1.96. The quantitative estimate of drug-likeness (QED) is 0.786. The summed E-state index contributed by atoms with van der Waals surface area (Å²) in [7, 11) is 0. The zero-order valence-electron chi connectivity index (χ0n) is 8.90. The second kappa shape index (κ2) is 4.28. The summed E-state index contributed by atoms with van der Waals surface area (Å²) in [5.74, 6) is 0. The Balaban J connectivity index is 2.49. The zero-order chi connectivity index (χ0) is 10.7. The summed E-state index contributed by atoms with van der Waals surface area (Å²) in [6.07, 6.45) is 0. The molecule has 0 saturated carbocycles. The Bertz CT molecular complexity index is 460. The van der Waals surface area contributed by atoms with Crippen molar-refractivity contribution in [3.63, 3.8) is 0 Å². The summed E-state index contributed by atoms with van der Waals surface area (Å²) in [5.41, 5.74) is 10.6. The summed E-state index contributed by atoms with van der Waals surface area (Å²) in [5, 5.41) is 0. The number of nitrogens with two attached hydrogens (primary N) is 1. The zero-order valence-corrected chi connectivity index (χ0v) is 8.90. The normalized spacial score (nSPS) is 10.3. The summed E-state index contributed by atoms with van der Waals surface area (Å²) in [6.45, 7) is 2.73. The van der Waals surface area contributed by atoms with Gasteiger partial charge in [-0.1, -0.05) is 42.5 Å². The summed E-state index contributed by atoms with van der Waals surface area (Å²) in [6, 6.07) is 16.8. The molecule has 0 aliphatic rings. The van der Waals surface area contributed by atoms with Gasteiger partial charge < -0.3 is 5.73 Å². The molecule has 2 rings (SSSR count). The van der Waals surface area contributed by atoms with E-state index in [9.17, 15) is 0 Å². The van der Waals surface area contributed by atoms with Crippen LogP contribution in [0.4, 0.5) is 0 Å². The van der Waals surface area contributed by atoms with Crippen LogP contribution >= 0.6 is 0 Å². The largest absolute Gasteiger partial charge is 0.326 e. The van der Waals surface area contributed by atoms with Crippen LogP contribution in [0.1, 0.15) is 11.1 Å². The molecule has 0 aromatic heterocycles. The molecule has 2 aromatic rings. The number of hydrogen-bond acceptors (Lipinski definition) is 1. The van der Waals surface area contributed by atoms with E-state index in [1.807, 2.05) is 0 Å². The molecule has 0 unspecified atom stereocenters. The second-order valence-electron chi connectivity index (χ2n) is 3.72. The Morgan fingerprint density at radius 3 is 2.53 bits per heavy atom. The van der Waals surface area contributed by atoms with Crippen LogP contribution in [0.25, 0.3) is 11.1 Å². The molecule has 0 radical (unpaired) electrons. The van der Waals surface area contributed by atoms with E-state index in [0.29, 0.717) is 6.54 Å². The Morgan fingerprint density at radius 1 is 1.00 bits per heavy atom. The fraction of sp³-hybridized carbons (Fsp3) is 0.143. The minimum atomic E-state index is 0.597. The smallest absolute Gasteiger partial charge is 0.0178 e. The maximum atomic E-state index is 5.63. The molecule has 2 aromatic carbocycles. The van der Waals surface area contributed by atoms with Gasteiger partial charge in [-0.2, -0.15) is 0 Å². The van der Waals surface area contributed by atoms with E-state index < -0.39 is 0 Å². The highest BCUT2D eigenvalue weighted by atomic mass is 14.5. The maximum Gasteiger partial charge on any atom is 0.0178 e. The van der Waals surface area contributed by atoms with Crippen molar-refractivity contribution in [2.45, 2.75) is 13.5 Å². The van der Waals surface area contributed by atoms with Crippen LogP contribution in [0.3, 0.4) is 0 Å². The molecular formula is C14H15N. The molecule has 0 saturated heterocycles. The molecule has 0 heterocycles. The molecular weight excluding hydrogens is 182 g/mol. The van der Waals surface area contributed by atoms with Gasteiger partial charge >= 0.3 is 0 Å². The fourth-order valence-corrected chi connectivity index (χ4v) is 1.76. The van der Waals surface area contributed by atoms with E-state index in [4.69, 9.17) is 5.73 Å². The molecule has 1 heteroatoms. The predicted octanol–water partition coefficient (Wildman–Crippen LogP) is 3.12. The van der Waals surface area contributed by atoms with E-state index in [-0.39, 0.29) is 0 Å². The first-order valence-corrected chi connectivity index (χ1v) is 5.16. The average molecular weight is 197 g/mol. The van der Waals surface area contributed by atoms with Crippen molar-refractivity contribution in [2.24, 2.45) is 5.73 Å². The number of rotatable bonds is 2. The van der Waals surface area contributed by atoms with Gasteiger partial charge in [0.1, 0.15) is 0 Å². The standard InChI is InChI=1S/C14H15N/c1-11-5-2-3-8-14(11)13-7-4-6-12(9-13)10-15/h2-9H,10,15H2,1H3. The number of benzene rings is 2. The third-order valence-electron chi connectivity index (χ3n) is 2.62. The van der Waals surface area contributed by atoms with Gasteiger partial charge in [0.25, 0.3) is 0 Å². The lowest BCUT2D eigenvalue weighted by molar-refractivity contribution is 1.07. The highest BCUT2D eigenvalue weighted by Crippen LogP contribution is 2.23.